The van der Waals surface area contributed by atoms with Crippen molar-refractivity contribution in [3.8, 4) is 0 Å². The van der Waals surface area contributed by atoms with E-state index in [1.807, 2.05) is 0 Å². The zero-order chi connectivity index (χ0) is 14.8. The van der Waals surface area contributed by atoms with Gasteiger partial charge in [0.15, 0.2) is 0 Å². The summed E-state index contributed by atoms with van der Waals surface area (Å²) in [5.74, 6) is 1.08. The second-order valence-corrected chi connectivity index (χ2v) is 4.34. The highest BCUT2D eigenvalue weighted by Gasteiger charge is 2.12. The van der Waals surface area contributed by atoms with Crippen LogP contribution in [0.4, 0.5) is 11.8 Å². The van der Waals surface area contributed by atoms with E-state index >= 15 is 0 Å². The molecular weight excluding hydrogens is 258 g/mol. The Hall–Kier alpha value is -1.89. The topological polar surface area (TPSA) is 88.2 Å². The molecule has 0 radical (unpaired) electrons. The molecule has 20 heavy (non-hydrogen) atoms. The molecule has 1 unspecified atom stereocenters. The van der Waals surface area contributed by atoms with Gasteiger partial charge >= 0.3 is 0 Å². The third-order valence-electron chi connectivity index (χ3n) is 2.55. The summed E-state index contributed by atoms with van der Waals surface area (Å²) in [5, 5.41) is 8.91. The molecule has 0 aliphatic carbocycles. The second-order valence-electron chi connectivity index (χ2n) is 4.34. The highest BCUT2D eigenvalue weighted by atomic mass is 16.5. The first-order chi connectivity index (χ1) is 9.67. The SMILES string of the molecule is CCCNc1nccc(NC(C)C(=O)NCCOC)n1. The monoisotopic (exact) mass is 281 g/mol. The average molecular weight is 281 g/mol. The fourth-order valence-corrected chi connectivity index (χ4v) is 1.48. The number of hydrogen-bond acceptors (Lipinski definition) is 6. The van der Waals surface area contributed by atoms with Gasteiger partial charge in [-0.15, -0.1) is 0 Å². The van der Waals surface area contributed by atoms with Gasteiger partial charge in [-0.3, -0.25) is 4.79 Å². The van der Waals surface area contributed by atoms with Crippen LogP contribution in [0.25, 0.3) is 0 Å². The van der Waals surface area contributed by atoms with Gasteiger partial charge in [-0.25, -0.2) is 4.98 Å². The fourth-order valence-electron chi connectivity index (χ4n) is 1.48. The van der Waals surface area contributed by atoms with Gasteiger partial charge in [-0.2, -0.15) is 4.98 Å². The predicted molar refractivity (Wildman–Crippen MR) is 78.8 cm³/mol. The Morgan fingerprint density at radius 3 is 2.95 bits per heavy atom. The minimum absolute atomic E-state index is 0.0938. The lowest BCUT2D eigenvalue weighted by molar-refractivity contribution is -0.121. The molecule has 1 amide bonds. The molecule has 0 aromatic carbocycles. The fraction of sp³-hybridized carbons (Fsp3) is 0.615. The van der Waals surface area contributed by atoms with E-state index in [0.717, 1.165) is 13.0 Å². The van der Waals surface area contributed by atoms with E-state index in [2.05, 4.69) is 32.8 Å². The van der Waals surface area contributed by atoms with Gasteiger partial charge in [-0.1, -0.05) is 6.92 Å². The van der Waals surface area contributed by atoms with Crippen LogP contribution in [0.5, 0.6) is 0 Å². The van der Waals surface area contributed by atoms with Crippen LogP contribution in [0.15, 0.2) is 12.3 Å². The number of aromatic nitrogens is 2. The van der Waals surface area contributed by atoms with E-state index in [0.29, 0.717) is 24.9 Å². The van der Waals surface area contributed by atoms with Crippen LogP contribution in [-0.2, 0) is 9.53 Å². The van der Waals surface area contributed by atoms with Gasteiger partial charge in [0, 0.05) is 26.4 Å². The van der Waals surface area contributed by atoms with Crippen molar-refractivity contribution >= 4 is 17.7 Å². The van der Waals surface area contributed by atoms with E-state index in [1.54, 1.807) is 26.3 Å². The third-order valence-corrected chi connectivity index (χ3v) is 2.55. The Kier molecular flexibility index (Phi) is 7.34. The second kappa shape index (κ2) is 9.08. The van der Waals surface area contributed by atoms with Gasteiger partial charge in [0.25, 0.3) is 0 Å². The number of carbonyl (C=O) groups is 1. The molecule has 112 valence electrons. The number of carbonyl (C=O) groups excluding carboxylic acids is 1. The molecule has 0 saturated carbocycles. The lowest BCUT2D eigenvalue weighted by Gasteiger charge is -2.15. The van der Waals surface area contributed by atoms with Gasteiger partial charge < -0.3 is 20.7 Å². The summed E-state index contributed by atoms with van der Waals surface area (Å²) in [4.78, 5) is 20.2. The summed E-state index contributed by atoms with van der Waals surface area (Å²) >= 11 is 0. The molecule has 1 aromatic heterocycles. The van der Waals surface area contributed by atoms with Crippen molar-refractivity contribution in [3.63, 3.8) is 0 Å². The Bertz CT molecular complexity index is 414. The highest BCUT2D eigenvalue weighted by Crippen LogP contribution is 2.07. The van der Waals surface area contributed by atoms with Gasteiger partial charge in [0.05, 0.1) is 6.61 Å². The van der Waals surface area contributed by atoms with Crippen LogP contribution in [-0.4, -0.2) is 48.7 Å². The van der Waals surface area contributed by atoms with Crippen LogP contribution in [0, 0.1) is 0 Å². The normalized spacial score (nSPS) is 11.8. The molecule has 0 aliphatic rings. The maximum absolute atomic E-state index is 11.8. The first kappa shape index (κ1) is 16.2. The van der Waals surface area contributed by atoms with Crippen molar-refractivity contribution in [3.05, 3.63) is 12.3 Å². The minimum atomic E-state index is -0.374. The molecule has 1 rings (SSSR count). The van der Waals surface area contributed by atoms with Crippen LogP contribution in [0.2, 0.25) is 0 Å². The predicted octanol–water partition coefficient (Wildman–Crippen LogP) is 0.861. The summed E-state index contributed by atoms with van der Waals surface area (Å²) in [5.41, 5.74) is 0. The Balaban J connectivity index is 2.48. The minimum Gasteiger partial charge on any atom is -0.383 e. The molecule has 0 fully saturated rings. The van der Waals surface area contributed by atoms with Crippen molar-refractivity contribution in [2.45, 2.75) is 26.3 Å². The van der Waals surface area contributed by atoms with Gasteiger partial charge in [0.2, 0.25) is 11.9 Å². The van der Waals surface area contributed by atoms with Crippen molar-refractivity contribution in [1.29, 1.82) is 0 Å². The van der Waals surface area contributed by atoms with E-state index in [-0.39, 0.29) is 11.9 Å². The molecule has 0 bridgehead atoms. The van der Waals surface area contributed by atoms with Crippen molar-refractivity contribution in [2.24, 2.45) is 0 Å². The maximum atomic E-state index is 11.8. The van der Waals surface area contributed by atoms with Gasteiger partial charge in [-0.05, 0) is 19.4 Å². The van der Waals surface area contributed by atoms with Crippen LogP contribution in [0.3, 0.4) is 0 Å². The summed E-state index contributed by atoms with van der Waals surface area (Å²) < 4.78 is 4.88. The van der Waals surface area contributed by atoms with E-state index < -0.39 is 0 Å². The molecule has 7 heteroatoms. The van der Waals surface area contributed by atoms with E-state index in [1.165, 1.54) is 0 Å². The first-order valence-electron chi connectivity index (χ1n) is 6.77. The number of nitrogens with zero attached hydrogens (tertiary/aromatic N) is 2. The lowest BCUT2D eigenvalue weighted by atomic mass is 10.3. The third kappa shape index (κ3) is 5.83. The molecule has 1 aromatic rings. The molecule has 0 aliphatic heterocycles. The molecule has 1 heterocycles. The standard InChI is InChI=1S/C13H23N5O2/c1-4-6-15-13-16-7-5-11(18-13)17-10(2)12(19)14-8-9-20-3/h5,7,10H,4,6,8-9H2,1-3H3,(H,14,19)(H2,15,16,17,18). The van der Waals surface area contributed by atoms with Crippen LogP contribution < -0.4 is 16.0 Å². The highest BCUT2D eigenvalue weighted by molar-refractivity contribution is 5.83. The molecule has 0 spiro atoms. The number of anilines is 2. The van der Waals surface area contributed by atoms with E-state index in [4.69, 9.17) is 4.74 Å². The number of methoxy groups -OCH3 is 1. The average Bonchev–Trinajstić information content (AvgIpc) is 2.45. The number of amides is 1. The van der Waals surface area contributed by atoms with Crippen LogP contribution in [0.1, 0.15) is 20.3 Å². The summed E-state index contributed by atoms with van der Waals surface area (Å²) in [7, 11) is 1.60. The van der Waals surface area contributed by atoms with Crippen LogP contribution >= 0.6 is 0 Å². The largest absolute Gasteiger partial charge is 0.383 e. The number of rotatable bonds is 9. The zero-order valence-corrected chi connectivity index (χ0v) is 12.3. The summed E-state index contributed by atoms with van der Waals surface area (Å²) in [6.45, 7) is 5.66. The maximum Gasteiger partial charge on any atom is 0.242 e. The molecule has 1 atom stereocenters. The Morgan fingerprint density at radius 1 is 1.45 bits per heavy atom. The number of nitrogens with one attached hydrogen (secondary N) is 3. The van der Waals surface area contributed by atoms with Crippen molar-refractivity contribution in [1.82, 2.24) is 15.3 Å². The van der Waals surface area contributed by atoms with E-state index in [9.17, 15) is 4.79 Å². The van der Waals surface area contributed by atoms with Gasteiger partial charge in [0.1, 0.15) is 11.9 Å². The lowest BCUT2D eigenvalue weighted by Crippen LogP contribution is -2.39. The Labute approximate surface area is 119 Å². The smallest absolute Gasteiger partial charge is 0.242 e. The molecule has 3 N–H and O–H groups in total. The Morgan fingerprint density at radius 2 is 2.25 bits per heavy atom. The number of ether oxygens (including phenoxy) is 1. The first-order valence-corrected chi connectivity index (χ1v) is 6.77. The molecule has 7 nitrogen and oxygen atoms in total. The van der Waals surface area contributed by atoms with Crippen molar-refractivity contribution < 1.29 is 9.53 Å². The summed E-state index contributed by atoms with van der Waals surface area (Å²) in [6.07, 6.45) is 2.65. The summed E-state index contributed by atoms with van der Waals surface area (Å²) in [6, 6.07) is 1.36. The quantitative estimate of drug-likeness (QED) is 0.582. The number of hydrogen-bond donors (Lipinski definition) is 3. The molecule has 0 saturated heterocycles. The zero-order valence-electron chi connectivity index (χ0n) is 12.3. The molecular formula is C13H23N5O2. The van der Waals surface area contributed by atoms with Crippen molar-refractivity contribution in [2.75, 3.05) is 37.4 Å².